The van der Waals surface area contributed by atoms with E-state index in [9.17, 15) is 8.42 Å². The summed E-state index contributed by atoms with van der Waals surface area (Å²) in [5, 5.41) is 3.71. The Morgan fingerprint density at radius 2 is 1.95 bits per heavy atom. The largest absolute Gasteiger partial charge is 0.311 e. The van der Waals surface area contributed by atoms with Gasteiger partial charge in [-0.1, -0.05) is 26.2 Å². The highest BCUT2D eigenvalue weighted by molar-refractivity contribution is 7.90. The van der Waals surface area contributed by atoms with Gasteiger partial charge in [-0.3, -0.25) is 4.90 Å². The molecule has 118 valence electrons. The SMILES string of the molecule is CCC1CN(CCCS(C)(=O)=O)C2(CCCCC2)CN1. The van der Waals surface area contributed by atoms with E-state index in [1.807, 2.05) is 0 Å². The lowest BCUT2D eigenvalue weighted by Crippen LogP contribution is -2.65. The van der Waals surface area contributed by atoms with E-state index in [1.165, 1.54) is 38.4 Å². The molecule has 1 aliphatic heterocycles. The molecule has 1 spiro atoms. The lowest BCUT2D eigenvalue weighted by Gasteiger charge is -2.52. The summed E-state index contributed by atoms with van der Waals surface area (Å²) < 4.78 is 22.7. The highest BCUT2D eigenvalue weighted by Crippen LogP contribution is 2.35. The molecule has 0 aromatic carbocycles. The average molecular weight is 302 g/mol. The summed E-state index contributed by atoms with van der Waals surface area (Å²) >= 11 is 0. The Morgan fingerprint density at radius 1 is 1.25 bits per heavy atom. The van der Waals surface area contributed by atoms with Gasteiger partial charge in [0.1, 0.15) is 9.84 Å². The van der Waals surface area contributed by atoms with Crippen LogP contribution in [0.1, 0.15) is 51.9 Å². The highest BCUT2D eigenvalue weighted by atomic mass is 32.2. The van der Waals surface area contributed by atoms with Gasteiger partial charge in [-0.2, -0.15) is 0 Å². The standard InChI is InChI=1S/C15H30N2O2S/c1-3-14-12-17(10-7-11-20(2,18)19)15(13-16-14)8-5-4-6-9-15/h14,16H,3-13H2,1-2H3. The van der Waals surface area contributed by atoms with Gasteiger partial charge in [-0.05, 0) is 32.2 Å². The Bertz CT molecular complexity index is 402. The molecule has 1 aliphatic carbocycles. The smallest absolute Gasteiger partial charge is 0.147 e. The van der Waals surface area contributed by atoms with Crippen LogP contribution in [0, 0.1) is 0 Å². The van der Waals surface area contributed by atoms with Crippen LogP contribution in [-0.4, -0.2) is 56.5 Å². The summed E-state index contributed by atoms with van der Waals surface area (Å²) in [6.45, 7) is 5.33. The number of piperazine rings is 1. The Morgan fingerprint density at radius 3 is 2.55 bits per heavy atom. The van der Waals surface area contributed by atoms with Crippen molar-refractivity contribution in [1.82, 2.24) is 10.2 Å². The molecule has 1 saturated carbocycles. The first-order valence-corrected chi connectivity index (χ1v) is 10.2. The van der Waals surface area contributed by atoms with Gasteiger partial charge in [0, 0.05) is 30.9 Å². The van der Waals surface area contributed by atoms with Crippen LogP contribution < -0.4 is 5.32 Å². The minimum atomic E-state index is -2.83. The third-order valence-electron chi connectivity index (χ3n) is 5.05. The molecule has 0 bridgehead atoms. The molecule has 1 atom stereocenters. The second-order valence-corrected chi connectivity index (χ2v) is 8.96. The number of nitrogens with zero attached hydrogens (tertiary/aromatic N) is 1. The van der Waals surface area contributed by atoms with Gasteiger partial charge in [-0.15, -0.1) is 0 Å². The summed E-state index contributed by atoms with van der Waals surface area (Å²) in [7, 11) is -2.83. The molecule has 0 amide bonds. The maximum Gasteiger partial charge on any atom is 0.147 e. The summed E-state index contributed by atoms with van der Waals surface area (Å²) in [5.74, 6) is 0.323. The second kappa shape index (κ2) is 6.75. The highest BCUT2D eigenvalue weighted by Gasteiger charge is 2.41. The van der Waals surface area contributed by atoms with E-state index in [0.29, 0.717) is 17.3 Å². The molecule has 1 N–H and O–H groups in total. The molecular formula is C15H30N2O2S. The predicted octanol–water partition coefficient (Wildman–Crippen LogP) is 1.81. The van der Waals surface area contributed by atoms with Crippen molar-refractivity contribution >= 4 is 9.84 Å². The number of sulfone groups is 1. The fourth-order valence-electron chi connectivity index (χ4n) is 3.79. The zero-order valence-corrected chi connectivity index (χ0v) is 13.8. The Kier molecular flexibility index (Phi) is 5.49. The summed E-state index contributed by atoms with van der Waals surface area (Å²) in [6, 6.07) is 0.570. The summed E-state index contributed by atoms with van der Waals surface area (Å²) in [6.07, 6.45) is 9.81. The van der Waals surface area contributed by atoms with Crippen LogP contribution in [0.3, 0.4) is 0 Å². The average Bonchev–Trinajstić information content (AvgIpc) is 2.41. The quantitative estimate of drug-likeness (QED) is 0.841. The molecule has 2 fully saturated rings. The van der Waals surface area contributed by atoms with Crippen molar-refractivity contribution < 1.29 is 8.42 Å². The van der Waals surface area contributed by atoms with Crippen LogP contribution in [0.4, 0.5) is 0 Å². The van der Waals surface area contributed by atoms with E-state index in [0.717, 1.165) is 32.5 Å². The Balaban J connectivity index is 1.98. The van der Waals surface area contributed by atoms with Gasteiger partial charge in [0.25, 0.3) is 0 Å². The lowest BCUT2D eigenvalue weighted by molar-refractivity contribution is 0.00959. The molecule has 20 heavy (non-hydrogen) atoms. The van der Waals surface area contributed by atoms with E-state index >= 15 is 0 Å². The molecule has 2 rings (SSSR count). The van der Waals surface area contributed by atoms with Crippen LogP contribution in [0.2, 0.25) is 0 Å². The fourth-order valence-corrected chi connectivity index (χ4v) is 4.45. The van der Waals surface area contributed by atoms with E-state index in [1.54, 1.807) is 0 Å². The van der Waals surface area contributed by atoms with Crippen LogP contribution in [-0.2, 0) is 9.84 Å². The second-order valence-electron chi connectivity index (χ2n) is 6.70. The van der Waals surface area contributed by atoms with Gasteiger partial charge in [-0.25, -0.2) is 8.42 Å². The molecule has 4 nitrogen and oxygen atoms in total. The molecule has 0 aromatic heterocycles. The molecule has 0 aromatic rings. The van der Waals surface area contributed by atoms with Gasteiger partial charge >= 0.3 is 0 Å². The predicted molar refractivity (Wildman–Crippen MR) is 83.8 cm³/mol. The monoisotopic (exact) mass is 302 g/mol. The van der Waals surface area contributed by atoms with Crippen molar-refractivity contribution in [1.29, 1.82) is 0 Å². The van der Waals surface area contributed by atoms with Gasteiger partial charge in [0.05, 0.1) is 5.75 Å². The van der Waals surface area contributed by atoms with Gasteiger partial charge in [0.2, 0.25) is 0 Å². The molecular weight excluding hydrogens is 272 g/mol. The van der Waals surface area contributed by atoms with Crippen molar-refractivity contribution in [3.05, 3.63) is 0 Å². The minimum Gasteiger partial charge on any atom is -0.311 e. The van der Waals surface area contributed by atoms with Crippen molar-refractivity contribution in [3.8, 4) is 0 Å². The normalized spacial score (nSPS) is 27.8. The third kappa shape index (κ3) is 4.18. The first-order chi connectivity index (χ1) is 9.45. The fraction of sp³-hybridized carbons (Fsp3) is 1.00. The van der Waals surface area contributed by atoms with Crippen LogP contribution >= 0.6 is 0 Å². The third-order valence-corrected chi connectivity index (χ3v) is 6.08. The number of rotatable bonds is 5. The molecule has 1 heterocycles. The lowest BCUT2D eigenvalue weighted by atomic mass is 9.78. The molecule has 1 saturated heterocycles. The summed E-state index contributed by atoms with van der Waals surface area (Å²) in [5.41, 5.74) is 0.307. The van der Waals surface area contributed by atoms with E-state index < -0.39 is 9.84 Å². The van der Waals surface area contributed by atoms with Crippen molar-refractivity contribution in [2.45, 2.75) is 63.5 Å². The molecule has 0 radical (unpaired) electrons. The maximum atomic E-state index is 11.3. The summed E-state index contributed by atoms with van der Waals surface area (Å²) in [4.78, 5) is 2.61. The first kappa shape index (κ1) is 16.2. The van der Waals surface area contributed by atoms with E-state index in [2.05, 4.69) is 17.1 Å². The first-order valence-electron chi connectivity index (χ1n) is 8.11. The van der Waals surface area contributed by atoms with Crippen molar-refractivity contribution in [2.24, 2.45) is 0 Å². The number of hydrogen-bond acceptors (Lipinski definition) is 4. The van der Waals surface area contributed by atoms with Gasteiger partial charge < -0.3 is 5.32 Å². The minimum absolute atomic E-state index is 0.307. The molecule has 1 unspecified atom stereocenters. The van der Waals surface area contributed by atoms with Gasteiger partial charge in [0.15, 0.2) is 0 Å². The Labute approximate surface area is 124 Å². The van der Waals surface area contributed by atoms with E-state index in [-0.39, 0.29) is 0 Å². The molecule has 5 heteroatoms. The molecule has 2 aliphatic rings. The van der Waals surface area contributed by atoms with Crippen LogP contribution in [0.15, 0.2) is 0 Å². The topological polar surface area (TPSA) is 49.4 Å². The Hall–Kier alpha value is -0.130. The zero-order chi connectivity index (χ0) is 14.6. The number of nitrogens with one attached hydrogen (secondary N) is 1. The van der Waals surface area contributed by atoms with Crippen molar-refractivity contribution in [2.75, 3.05) is 31.6 Å². The number of hydrogen-bond donors (Lipinski definition) is 1. The maximum absolute atomic E-state index is 11.3. The zero-order valence-electron chi connectivity index (χ0n) is 13.0. The van der Waals surface area contributed by atoms with Crippen LogP contribution in [0.25, 0.3) is 0 Å². The van der Waals surface area contributed by atoms with E-state index in [4.69, 9.17) is 0 Å². The van der Waals surface area contributed by atoms with Crippen molar-refractivity contribution in [3.63, 3.8) is 0 Å². The van der Waals surface area contributed by atoms with Crippen LogP contribution in [0.5, 0.6) is 0 Å².